The van der Waals surface area contributed by atoms with Crippen molar-refractivity contribution in [1.29, 1.82) is 0 Å². The van der Waals surface area contributed by atoms with Crippen molar-refractivity contribution in [2.24, 2.45) is 0 Å². The predicted octanol–water partition coefficient (Wildman–Crippen LogP) is 3.57. The molecule has 0 aliphatic rings. The van der Waals surface area contributed by atoms with Crippen molar-refractivity contribution in [2.45, 2.75) is 26.7 Å². The molecule has 2 N–H and O–H groups in total. The molecule has 0 atom stereocenters. The maximum atomic E-state index is 12.0. The average molecular weight is 310 g/mol. The quantitative estimate of drug-likeness (QED) is 0.801. The Morgan fingerprint density at radius 1 is 1.26 bits per heavy atom. The van der Waals surface area contributed by atoms with Gasteiger partial charge in [0.15, 0.2) is 0 Å². The minimum absolute atomic E-state index is 0.242. The SMILES string of the molecule is C=CCNC(=O)c1cc(C)nc(Nc2ccc(C(C)C)cc2)n1. The summed E-state index contributed by atoms with van der Waals surface area (Å²) in [6, 6.07) is 9.77. The van der Waals surface area contributed by atoms with E-state index in [4.69, 9.17) is 0 Å². The van der Waals surface area contributed by atoms with Gasteiger partial charge in [-0.3, -0.25) is 4.79 Å². The van der Waals surface area contributed by atoms with Crippen LogP contribution in [-0.2, 0) is 0 Å². The Bertz CT molecular complexity index is 693. The lowest BCUT2D eigenvalue weighted by Gasteiger charge is -2.10. The van der Waals surface area contributed by atoms with Crippen LogP contribution in [0.5, 0.6) is 0 Å². The molecule has 0 aliphatic carbocycles. The van der Waals surface area contributed by atoms with Crippen LogP contribution in [0.25, 0.3) is 0 Å². The molecule has 0 spiro atoms. The van der Waals surface area contributed by atoms with E-state index in [1.54, 1.807) is 12.1 Å². The molecule has 0 bridgehead atoms. The highest BCUT2D eigenvalue weighted by Gasteiger charge is 2.10. The highest BCUT2D eigenvalue weighted by atomic mass is 16.1. The summed E-state index contributed by atoms with van der Waals surface area (Å²) < 4.78 is 0. The molecule has 0 unspecified atom stereocenters. The minimum atomic E-state index is -0.242. The maximum Gasteiger partial charge on any atom is 0.270 e. The van der Waals surface area contributed by atoms with Gasteiger partial charge in [0.05, 0.1) is 0 Å². The molecule has 0 aliphatic heterocycles. The molecule has 5 nitrogen and oxygen atoms in total. The molecule has 120 valence electrons. The normalized spacial score (nSPS) is 10.4. The summed E-state index contributed by atoms with van der Waals surface area (Å²) in [5.41, 5.74) is 3.22. The van der Waals surface area contributed by atoms with Crippen molar-refractivity contribution < 1.29 is 4.79 Å². The highest BCUT2D eigenvalue weighted by molar-refractivity contribution is 5.92. The Labute approximate surface area is 136 Å². The first kappa shape index (κ1) is 16.7. The molecule has 1 heterocycles. The summed E-state index contributed by atoms with van der Waals surface area (Å²) in [5, 5.41) is 5.85. The number of aromatic nitrogens is 2. The molecule has 0 saturated carbocycles. The van der Waals surface area contributed by atoms with Crippen LogP contribution in [0.4, 0.5) is 11.6 Å². The highest BCUT2D eigenvalue weighted by Crippen LogP contribution is 2.19. The smallest absolute Gasteiger partial charge is 0.270 e. The van der Waals surface area contributed by atoms with E-state index in [1.165, 1.54) is 5.56 Å². The molecule has 2 rings (SSSR count). The van der Waals surface area contributed by atoms with Gasteiger partial charge in [0.25, 0.3) is 5.91 Å². The molecule has 1 amide bonds. The summed E-state index contributed by atoms with van der Waals surface area (Å²) in [6.07, 6.45) is 1.63. The molecule has 1 aromatic heterocycles. The predicted molar refractivity (Wildman–Crippen MR) is 93.1 cm³/mol. The molecule has 2 aromatic rings. The third-order valence-corrected chi connectivity index (χ3v) is 3.33. The topological polar surface area (TPSA) is 66.9 Å². The Morgan fingerprint density at radius 3 is 2.57 bits per heavy atom. The molecule has 0 saturated heterocycles. The number of nitrogens with one attached hydrogen (secondary N) is 2. The molecule has 0 radical (unpaired) electrons. The minimum Gasteiger partial charge on any atom is -0.347 e. The number of rotatable bonds is 6. The van der Waals surface area contributed by atoms with Crippen LogP contribution >= 0.6 is 0 Å². The van der Waals surface area contributed by atoms with Crippen LogP contribution in [0.2, 0.25) is 0 Å². The zero-order valence-electron chi connectivity index (χ0n) is 13.8. The van der Waals surface area contributed by atoms with Crippen molar-refractivity contribution in [3.05, 3.63) is 59.9 Å². The van der Waals surface area contributed by atoms with Crippen LogP contribution in [0.3, 0.4) is 0 Å². The third-order valence-electron chi connectivity index (χ3n) is 3.33. The molecule has 1 aromatic carbocycles. The first-order valence-corrected chi connectivity index (χ1v) is 7.61. The largest absolute Gasteiger partial charge is 0.347 e. The number of hydrogen-bond donors (Lipinski definition) is 2. The van der Waals surface area contributed by atoms with Gasteiger partial charge in [0.2, 0.25) is 5.95 Å². The van der Waals surface area contributed by atoms with Crippen LogP contribution in [0, 0.1) is 6.92 Å². The molecular weight excluding hydrogens is 288 g/mol. The van der Waals surface area contributed by atoms with Gasteiger partial charge in [-0.25, -0.2) is 9.97 Å². The monoisotopic (exact) mass is 310 g/mol. The lowest BCUT2D eigenvalue weighted by Crippen LogP contribution is -2.24. The van der Waals surface area contributed by atoms with E-state index in [-0.39, 0.29) is 5.91 Å². The van der Waals surface area contributed by atoms with Crippen molar-refractivity contribution >= 4 is 17.5 Å². The number of amides is 1. The lowest BCUT2D eigenvalue weighted by molar-refractivity contribution is 0.0953. The van der Waals surface area contributed by atoms with Gasteiger partial charge < -0.3 is 10.6 Å². The second kappa shape index (κ2) is 7.54. The number of nitrogens with zero attached hydrogens (tertiary/aromatic N) is 2. The summed E-state index contributed by atoms with van der Waals surface area (Å²) in [5.74, 6) is 0.652. The summed E-state index contributed by atoms with van der Waals surface area (Å²) in [7, 11) is 0. The second-order valence-corrected chi connectivity index (χ2v) is 5.62. The van der Waals surface area contributed by atoms with E-state index >= 15 is 0 Å². The average Bonchev–Trinajstić information content (AvgIpc) is 2.52. The van der Waals surface area contributed by atoms with Gasteiger partial charge in [0, 0.05) is 17.9 Å². The Kier molecular flexibility index (Phi) is 5.46. The summed E-state index contributed by atoms with van der Waals surface area (Å²) in [6.45, 7) is 10.1. The van der Waals surface area contributed by atoms with E-state index in [0.717, 1.165) is 11.4 Å². The number of aryl methyl sites for hydroxylation is 1. The van der Waals surface area contributed by atoms with Crippen molar-refractivity contribution in [3.8, 4) is 0 Å². The molecule has 23 heavy (non-hydrogen) atoms. The zero-order chi connectivity index (χ0) is 16.8. The van der Waals surface area contributed by atoms with Crippen LogP contribution < -0.4 is 10.6 Å². The number of anilines is 2. The van der Waals surface area contributed by atoms with E-state index in [9.17, 15) is 4.79 Å². The Hall–Kier alpha value is -2.69. The number of benzene rings is 1. The number of hydrogen-bond acceptors (Lipinski definition) is 4. The fourth-order valence-electron chi connectivity index (χ4n) is 2.08. The van der Waals surface area contributed by atoms with Gasteiger partial charge in [-0.2, -0.15) is 0 Å². The second-order valence-electron chi connectivity index (χ2n) is 5.62. The van der Waals surface area contributed by atoms with Crippen LogP contribution in [0.15, 0.2) is 43.0 Å². The van der Waals surface area contributed by atoms with Crippen molar-refractivity contribution in [1.82, 2.24) is 15.3 Å². The van der Waals surface area contributed by atoms with Crippen molar-refractivity contribution in [2.75, 3.05) is 11.9 Å². The van der Waals surface area contributed by atoms with E-state index in [2.05, 4.69) is 53.2 Å². The van der Waals surface area contributed by atoms with Crippen molar-refractivity contribution in [3.63, 3.8) is 0 Å². The van der Waals surface area contributed by atoms with Gasteiger partial charge in [0.1, 0.15) is 5.69 Å². The third kappa shape index (κ3) is 4.64. The standard InChI is InChI=1S/C18H22N4O/c1-5-10-19-17(23)16-11-13(4)20-18(22-16)21-15-8-6-14(7-9-15)12(2)3/h5-9,11-12H,1,10H2,2-4H3,(H,19,23)(H,20,21,22). The lowest BCUT2D eigenvalue weighted by atomic mass is 10.0. The molecule has 0 fully saturated rings. The van der Waals surface area contributed by atoms with Gasteiger partial charge >= 0.3 is 0 Å². The first-order valence-electron chi connectivity index (χ1n) is 7.61. The van der Waals surface area contributed by atoms with Gasteiger partial charge in [-0.15, -0.1) is 6.58 Å². The van der Waals surface area contributed by atoms with E-state index in [1.807, 2.05) is 19.1 Å². The Balaban J connectivity index is 2.17. The summed E-state index contributed by atoms with van der Waals surface area (Å²) in [4.78, 5) is 20.6. The van der Waals surface area contributed by atoms with Crippen LogP contribution in [-0.4, -0.2) is 22.4 Å². The number of carbonyl (C=O) groups excluding carboxylic acids is 1. The Morgan fingerprint density at radius 2 is 1.96 bits per heavy atom. The fourth-order valence-corrected chi connectivity index (χ4v) is 2.08. The maximum absolute atomic E-state index is 12.0. The molecular formula is C18H22N4O. The molecule has 5 heteroatoms. The first-order chi connectivity index (χ1) is 11.0. The number of carbonyl (C=O) groups is 1. The van der Waals surface area contributed by atoms with Crippen LogP contribution in [0.1, 0.15) is 41.5 Å². The van der Waals surface area contributed by atoms with E-state index < -0.39 is 0 Å². The zero-order valence-corrected chi connectivity index (χ0v) is 13.8. The fraction of sp³-hybridized carbons (Fsp3) is 0.278. The van der Waals surface area contributed by atoms with Gasteiger partial charge in [-0.05, 0) is 36.6 Å². The summed E-state index contributed by atoms with van der Waals surface area (Å²) >= 11 is 0. The van der Waals surface area contributed by atoms with Gasteiger partial charge in [-0.1, -0.05) is 32.1 Å². The van der Waals surface area contributed by atoms with E-state index in [0.29, 0.717) is 24.1 Å².